The highest BCUT2D eigenvalue weighted by Gasteiger charge is 2.70. The highest BCUT2D eigenvalue weighted by Crippen LogP contribution is 2.65. The summed E-state index contributed by atoms with van der Waals surface area (Å²) < 4.78 is 28.2. The first-order valence-electron chi connectivity index (χ1n) is 17.1. The Balaban J connectivity index is 1.75. The van der Waals surface area contributed by atoms with Crippen LogP contribution in [0.1, 0.15) is 79.8 Å². The van der Waals surface area contributed by atoms with Gasteiger partial charge < -0.3 is 25.8 Å². The first-order chi connectivity index (χ1) is 23.1. The molecule has 2 fully saturated rings. The molecule has 1 saturated heterocycles. The number of carbonyl (C=O) groups is 6. The Morgan fingerprint density at radius 2 is 1.60 bits per heavy atom. The number of rotatable bonds is 15. The maximum Gasteiger partial charge on any atom is 0.290 e. The predicted molar refractivity (Wildman–Crippen MR) is 188 cm³/mol. The fourth-order valence-corrected chi connectivity index (χ4v) is 7.56. The van der Waals surface area contributed by atoms with Crippen LogP contribution in [0.25, 0.3) is 0 Å². The van der Waals surface area contributed by atoms with Crippen molar-refractivity contribution in [3.63, 3.8) is 0 Å². The minimum absolute atomic E-state index is 0.00856. The summed E-state index contributed by atoms with van der Waals surface area (Å²) in [6, 6.07) is 4.21. The van der Waals surface area contributed by atoms with Gasteiger partial charge in [0.05, 0.1) is 17.8 Å². The van der Waals surface area contributed by atoms with Gasteiger partial charge in [0.2, 0.25) is 39.4 Å². The Morgan fingerprint density at radius 1 is 1.00 bits per heavy atom. The van der Waals surface area contributed by atoms with E-state index in [-0.39, 0.29) is 36.1 Å². The van der Waals surface area contributed by atoms with Crippen molar-refractivity contribution < 1.29 is 37.2 Å². The van der Waals surface area contributed by atoms with Crippen LogP contribution in [0.5, 0.6) is 0 Å². The number of nitrogens with one attached hydrogen (secondary N) is 4. The Labute approximate surface area is 295 Å². The number of Topliss-reactive ketones (excluding diaryl/α,β-unsaturated/α-hetero) is 1. The summed E-state index contributed by atoms with van der Waals surface area (Å²) in [5, 5.41) is 6.82. The zero-order valence-electron chi connectivity index (χ0n) is 30.8. The summed E-state index contributed by atoms with van der Waals surface area (Å²) in [4.78, 5) is 82.7. The highest BCUT2D eigenvalue weighted by atomic mass is 32.2. The smallest absolute Gasteiger partial charge is 0.290 e. The number of piperidine rings is 1. The van der Waals surface area contributed by atoms with Crippen molar-refractivity contribution in [2.45, 2.75) is 97.6 Å². The lowest BCUT2D eigenvalue weighted by atomic mass is 9.86. The van der Waals surface area contributed by atoms with E-state index in [0.717, 1.165) is 0 Å². The lowest BCUT2D eigenvalue weighted by molar-refractivity contribution is -0.145. The average Bonchev–Trinajstić information content (AvgIpc) is 3.33. The van der Waals surface area contributed by atoms with Gasteiger partial charge in [-0.3, -0.25) is 28.8 Å². The molecule has 1 aromatic rings. The molecule has 1 aromatic carbocycles. The van der Waals surface area contributed by atoms with Crippen molar-refractivity contribution >= 4 is 45.3 Å². The molecule has 1 saturated carbocycles. The Bertz CT molecular complexity index is 1570. The van der Waals surface area contributed by atoms with Gasteiger partial charge in [-0.1, -0.05) is 78.3 Å². The molecule has 0 bridgehead atoms. The van der Waals surface area contributed by atoms with E-state index in [9.17, 15) is 37.2 Å². The van der Waals surface area contributed by atoms with Crippen molar-refractivity contribution in [1.29, 1.82) is 0 Å². The number of likely N-dealkylation sites (tertiary alicyclic amines) is 1. The van der Waals surface area contributed by atoms with Crippen molar-refractivity contribution in [3.8, 4) is 0 Å². The molecule has 50 heavy (non-hydrogen) atoms. The van der Waals surface area contributed by atoms with Gasteiger partial charge in [-0.25, -0.2) is 13.1 Å². The second-order valence-electron chi connectivity index (χ2n) is 15.4. The SMILES string of the molecule is CCC[C@H](NC(=O)[C@@H]1C2[C@H](CN1C(=O)[C@@H](NS(=O)(=O)C(C)C)C(C)(C)C)C2(C)C)C(=O)C(=O)NCC(=O)N[C@H](C(=O)N(C)C)c1ccccc1. The summed E-state index contributed by atoms with van der Waals surface area (Å²) in [7, 11) is -0.739. The Hall–Kier alpha value is -3.85. The van der Waals surface area contributed by atoms with E-state index < -0.39 is 80.8 Å². The molecule has 15 heteroatoms. The minimum atomic E-state index is -3.84. The zero-order chi connectivity index (χ0) is 37.9. The number of carbonyl (C=O) groups excluding carboxylic acids is 6. The first kappa shape index (κ1) is 40.6. The van der Waals surface area contributed by atoms with Crippen LogP contribution in [0.2, 0.25) is 0 Å². The zero-order valence-corrected chi connectivity index (χ0v) is 31.6. The van der Waals surface area contributed by atoms with Gasteiger partial charge >= 0.3 is 0 Å². The topological polar surface area (TPSA) is 191 Å². The van der Waals surface area contributed by atoms with Gasteiger partial charge in [0.1, 0.15) is 18.1 Å². The standard InChI is InChI=1S/C35H54N6O8S/c1-11-15-23(28(43)31(45)36-18-24(42)38-26(32(46)40(9)10)21-16-13-12-14-17-21)37-30(44)27-25-22(35(25,7)8)19-41(27)33(47)29(34(4,5)6)39-50(48,49)20(2)3/h12-14,16-17,20,22-23,25-27,29,39H,11,15,18-19H2,1-10H3,(H,36,45)(H,37,44)(H,38,42)/t22-,23-,25?,26-,27-,29+/m0/s1. The maximum atomic E-state index is 14.1. The number of hydrogen-bond donors (Lipinski definition) is 4. The number of nitrogens with zero attached hydrogens (tertiary/aromatic N) is 2. The van der Waals surface area contributed by atoms with Gasteiger partial charge in [0, 0.05) is 20.6 Å². The van der Waals surface area contributed by atoms with E-state index in [1.807, 2.05) is 13.8 Å². The monoisotopic (exact) mass is 718 g/mol. The Morgan fingerprint density at radius 3 is 2.12 bits per heavy atom. The second kappa shape index (κ2) is 15.6. The summed E-state index contributed by atoms with van der Waals surface area (Å²) in [6.45, 7) is 13.7. The molecule has 0 radical (unpaired) electrons. The summed E-state index contributed by atoms with van der Waals surface area (Å²) >= 11 is 0. The van der Waals surface area contributed by atoms with Gasteiger partial charge in [-0.15, -0.1) is 0 Å². The molecule has 1 aliphatic heterocycles. The van der Waals surface area contributed by atoms with Gasteiger partial charge in [0.15, 0.2) is 0 Å². The molecule has 0 aromatic heterocycles. The number of amides is 5. The lowest BCUT2D eigenvalue weighted by Crippen LogP contribution is -2.61. The number of benzene rings is 1. The molecule has 1 unspecified atom stereocenters. The third kappa shape index (κ3) is 9.08. The van der Waals surface area contributed by atoms with E-state index in [2.05, 4.69) is 20.7 Å². The molecule has 5 amide bonds. The van der Waals surface area contributed by atoms with Crippen molar-refractivity contribution in [2.75, 3.05) is 27.2 Å². The predicted octanol–water partition coefficient (Wildman–Crippen LogP) is 1.13. The van der Waals surface area contributed by atoms with Gasteiger partial charge in [-0.2, -0.15) is 0 Å². The molecule has 1 heterocycles. The molecule has 0 spiro atoms. The van der Waals surface area contributed by atoms with Crippen LogP contribution in [0.15, 0.2) is 30.3 Å². The first-order valence-corrected chi connectivity index (χ1v) is 18.6. The van der Waals surface area contributed by atoms with Crippen LogP contribution in [0.3, 0.4) is 0 Å². The van der Waals surface area contributed by atoms with Gasteiger partial charge in [-0.05, 0) is 48.5 Å². The lowest BCUT2D eigenvalue weighted by Gasteiger charge is -2.38. The number of likely N-dealkylation sites (N-methyl/N-ethyl adjacent to an activating group) is 1. The molecule has 2 aliphatic rings. The van der Waals surface area contributed by atoms with E-state index in [1.165, 1.54) is 23.6 Å². The van der Waals surface area contributed by atoms with E-state index in [0.29, 0.717) is 12.0 Å². The van der Waals surface area contributed by atoms with E-state index in [4.69, 9.17) is 0 Å². The molecule has 4 N–H and O–H groups in total. The van der Waals surface area contributed by atoms with Crippen LogP contribution < -0.4 is 20.7 Å². The molecule has 1 aliphatic carbocycles. The summed E-state index contributed by atoms with van der Waals surface area (Å²) in [5.41, 5.74) is -0.554. The number of fused-ring (bicyclic) bond motifs is 1. The Kier molecular flexibility index (Phi) is 12.6. The van der Waals surface area contributed by atoms with Crippen LogP contribution in [-0.2, 0) is 38.8 Å². The second-order valence-corrected chi connectivity index (χ2v) is 17.7. The van der Waals surface area contributed by atoms with Crippen LogP contribution in [0.4, 0.5) is 0 Å². The fourth-order valence-electron chi connectivity index (χ4n) is 6.50. The summed E-state index contributed by atoms with van der Waals surface area (Å²) in [5.74, 6) is -4.52. The fraction of sp³-hybridized carbons (Fsp3) is 0.657. The molecular weight excluding hydrogens is 664 g/mol. The van der Waals surface area contributed by atoms with Gasteiger partial charge in [0.25, 0.3) is 5.91 Å². The van der Waals surface area contributed by atoms with Crippen LogP contribution in [-0.4, -0.2) is 104 Å². The highest BCUT2D eigenvalue weighted by molar-refractivity contribution is 7.90. The molecule has 3 rings (SSSR count). The van der Waals surface area contributed by atoms with Crippen LogP contribution in [0, 0.1) is 22.7 Å². The van der Waals surface area contributed by atoms with Crippen molar-refractivity contribution in [1.82, 2.24) is 30.5 Å². The van der Waals surface area contributed by atoms with Crippen LogP contribution >= 0.6 is 0 Å². The van der Waals surface area contributed by atoms with Crippen molar-refractivity contribution in [2.24, 2.45) is 22.7 Å². The van der Waals surface area contributed by atoms with Crippen molar-refractivity contribution in [3.05, 3.63) is 35.9 Å². The average molecular weight is 719 g/mol. The molecular formula is C35H54N6O8S. The summed E-state index contributed by atoms with van der Waals surface area (Å²) in [6.07, 6.45) is 0.554. The van der Waals surface area contributed by atoms with E-state index in [1.54, 1.807) is 72.1 Å². The molecule has 278 valence electrons. The number of sulfonamides is 1. The minimum Gasteiger partial charge on any atom is -0.347 e. The largest absolute Gasteiger partial charge is 0.347 e. The van der Waals surface area contributed by atoms with E-state index >= 15 is 0 Å². The number of hydrogen-bond acceptors (Lipinski definition) is 8. The third-order valence-corrected chi connectivity index (χ3v) is 11.6. The number of ketones is 1. The molecule has 14 nitrogen and oxygen atoms in total. The maximum absolute atomic E-state index is 14.1. The normalized spacial score (nSPS) is 21.3. The quantitative estimate of drug-likeness (QED) is 0.194. The third-order valence-electron chi connectivity index (χ3n) is 9.75. The molecule has 6 atom stereocenters.